The third-order valence-electron chi connectivity index (χ3n) is 3.50. The van der Waals surface area contributed by atoms with Gasteiger partial charge in [0.05, 0.1) is 6.61 Å². The summed E-state index contributed by atoms with van der Waals surface area (Å²) in [5.74, 6) is -2.62. The first-order chi connectivity index (χ1) is 8.27. The van der Waals surface area contributed by atoms with Crippen LogP contribution in [0.5, 0.6) is 0 Å². The van der Waals surface area contributed by atoms with Crippen molar-refractivity contribution in [2.75, 3.05) is 13.2 Å². The van der Waals surface area contributed by atoms with Crippen LogP contribution >= 0.6 is 0 Å². The van der Waals surface area contributed by atoms with Crippen molar-refractivity contribution in [3.05, 3.63) is 0 Å². The van der Waals surface area contributed by atoms with Crippen LogP contribution in [0.25, 0.3) is 0 Å². The van der Waals surface area contributed by atoms with Gasteiger partial charge in [0.2, 0.25) is 5.79 Å². The van der Waals surface area contributed by atoms with E-state index in [4.69, 9.17) is 23.7 Å². The van der Waals surface area contributed by atoms with E-state index in [1.807, 2.05) is 13.8 Å². The summed E-state index contributed by atoms with van der Waals surface area (Å²) in [5, 5.41) is 9.61. The molecule has 0 aromatic rings. The predicted octanol–water partition coefficient (Wildman–Crippen LogP) is 0.377. The minimum atomic E-state index is -1.14. The summed E-state index contributed by atoms with van der Waals surface area (Å²) in [4.78, 5) is 0. The molecule has 3 fully saturated rings. The van der Waals surface area contributed by atoms with Crippen LogP contribution in [0.15, 0.2) is 0 Å². The van der Waals surface area contributed by atoms with Gasteiger partial charge in [0, 0.05) is 0 Å². The molecule has 104 valence electrons. The Morgan fingerprint density at radius 2 is 1.78 bits per heavy atom. The van der Waals surface area contributed by atoms with Crippen molar-refractivity contribution in [3.63, 3.8) is 0 Å². The van der Waals surface area contributed by atoms with E-state index in [2.05, 4.69) is 0 Å². The molecule has 6 heteroatoms. The lowest BCUT2D eigenvalue weighted by Gasteiger charge is -2.39. The average molecular weight is 260 g/mol. The van der Waals surface area contributed by atoms with E-state index >= 15 is 0 Å². The molecular weight excluding hydrogens is 240 g/mol. The van der Waals surface area contributed by atoms with Gasteiger partial charge in [0.15, 0.2) is 11.6 Å². The highest BCUT2D eigenvalue weighted by Crippen LogP contribution is 2.47. The van der Waals surface area contributed by atoms with Gasteiger partial charge in [-0.3, -0.25) is 0 Å². The molecule has 18 heavy (non-hydrogen) atoms. The van der Waals surface area contributed by atoms with E-state index in [-0.39, 0.29) is 18.8 Å². The van der Waals surface area contributed by atoms with Gasteiger partial charge < -0.3 is 28.8 Å². The SMILES string of the molecule is CC1(C)OC2C3OC(C)(C)O[C@]3(CO)OC[C@H]2O1. The van der Waals surface area contributed by atoms with Gasteiger partial charge in [0.25, 0.3) is 0 Å². The number of aliphatic hydroxyl groups excluding tert-OH is 1. The van der Waals surface area contributed by atoms with Gasteiger partial charge in [-0.1, -0.05) is 0 Å². The molecule has 0 aromatic heterocycles. The highest BCUT2D eigenvalue weighted by Gasteiger charge is 2.65. The Kier molecular flexibility index (Phi) is 2.59. The van der Waals surface area contributed by atoms with E-state index in [9.17, 15) is 5.11 Å². The van der Waals surface area contributed by atoms with Gasteiger partial charge in [-0.25, -0.2) is 0 Å². The molecule has 0 aliphatic carbocycles. The maximum Gasteiger partial charge on any atom is 0.224 e. The first-order valence-electron chi connectivity index (χ1n) is 6.25. The Balaban J connectivity index is 1.90. The summed E-state index contributed by atoms with van der Waals surface area (Å²) in [5.41, 5.74) is 0. The number of fused-ring (bicyclic) bond motifs is 3. The third-order valence-corrected chi connectivity index (χ3v) is 3.50. The van der Waals surface area contributed by atoms with E-state index in [1.54, 1.807) is 13.8 Å². The molecule has 0 spiro atoms. The molecule has 3 aliphatic rings. The first-order valence-corrected chi connectivity index (χ1v) is 6.25. The molecule has 0 amide bonds. The van der Waals surface area contributed by atoms with Gasteiger partial charge >= 0.3 is 0 Å². The molecule has 3 saturated heterocycles. The third kappa shape index (κ3) is 1.79. The van der Waals surface area contributed by atoms with Crippen LogP contribution < -0.4 is 0 Å². The van der Waals surface area contributed by atoms with Crippen LogP contribution in [-0.2, 0) is 23.7 Å². The topological polar surface area (TPSA) is 66.4 Å². The Bertz CT molecular complexity index is 354. The van der Waals surface area contributed by atoms with Crippen molar-refractivity contribution in [2.24, 2.45) is 0 Å². The van der Waals surface area contributed by atoms with Crippen molar-refractivity contribution in [3.8, 4) is 0 Å². The molecule has 3 aliphatic heterocycles. The van der Waals surface area contributed by atoms with Gasteiger partial charge in [-0.05, 0) is 27.7 Å². The lowest BCUT2D eigenvalue weighted by Crippen LogP contribution is -2.60. The highest BCUT2D eigenvalue weighted by atomic mass is 16.9. The molecule has 0 bridgehead atoms. The lowest BCUT2D eigenvalue weighted by atomic mass is 9.98. The summed E-state index contributed by atoms with van der Waals surface area (Å²) in [6.07, 6.45) is -0.970. The van der Waals surface area contributed by atoms with E-state index in [0.29, 0.717) is 6.61 Å². The molecule has 4 atom stereocenters. The maximum absolute atomic E-state index is 9.61. The minimum absolute atomic E-state index is 0.192. The second kappa shape index (κ2) is 3.65. The largest absolute Gasteiger partial charge is 0.391 e. The molecule has 1 N–H and O–H groups in total. The summed E-state index contributed by atoms with van der Waals surface area (Å²) in [7, 11) is 0. The van der Waals surface area contributed by atoms with Crippen molar-refractivity contribution >= 4 is 0 Å². The van der Waals surface area contributed by atoms with Crippen LogP contribution in [0.4, 0.5) is 0 Å². The van der Waals surface area contributed by atoms with Crippen LogP contribution in [0, 0.1) is 0 Å². The second-order valence-electron chi connectivity index (χ2n) is 5.96. The zero-order chi connectivity index (χ0) is 13.2. The Morgan fingerprint density at radius 1 is 1.06 bits per heavy atom. The Morgan fingerprint density at radius 3 is 2.44 bits per heavy atom. The molecule has 6 nitrogen and oxygen atoms in total. The number of ether oxygens (including phenoxy) is 5. The predicted molar refractivity (Wildman–Crippen MR) is 59.6 cm³/mol. The lowest BCUT2D eigenvalue weighted by molar-refractivity contribution is -0.294. The fraction of sp³-hybridized carbons (Fsp3) is 1.00. The van der Waals surface area contributed by atoms with Crippen LogP contribution in [0.1, 0.15) is 27.7 Å². The fourth-order valence-corrected chi connectivity index (χ4v) is 2.96. The summed E-state index contributed by atoms with van der Waals surface area (Å²) < 4.78 is 28.9. The molecule has 0 saturated carbocycles. The van der Waals surface area contributed by atoms with E-state index in [0.717, 1.165) is 0 Å². The minimum Gasteiger partial charge on any atom is -0.391 e. The zero-order valence-corrected chi connectivity index (χ0v) is 11.1. The standard InChI is InChI=1S/C12H20O6/c1-10(2)15-7-5-14-12(6-13)9(8(7)16-10)17-11(3,4)18-12/h7-9,13H,5-6H2,1-4H3/t7-,8?,9?,12+/m1/s1. The molecule has 0 radical (unpaired) electrons. The normalized spacial score (nSPS) is 48.8. The maximum atomic E-state index is 9.61. The van der Waals surface area contributed by atoms with Crippen molar-refractivity contribution in [2.45, 2.75) is 63.4 Å². The van der Waals surface area contributed by atoms with Crippen molar-refractivity contribution < 1.29 is 28.8 Å². The van der Waals surface area contributed by atoms with Gasteiger partial charge in [0.1, 0.15) is 24.9 Å². The summed E-state index contributed by atoms with van der Waals surface area (Å²) >= 11 is 0. The smallest absolute Gasteiger partial charge is 0.224 e. The van der Waals surface area contributed by atoms with E-state index in [1.165, 1.54) is 0 Å². The summed E-state index contributed by atoms with van der Waals surface area (Å²) in [6, 6.07) is 0. The van der Waals surface area contributed by atoms with E-state index < -0.39 is 23.5 Å². The number of aliphatic hydroxyl groups is 1. The zero-order valence-electron chi connectivity index (χ0n) is 11.1. The highest BCUT2D eigenvalue weighted by molar-refractivity contribution is 5.03. The van der Waals surface area contributed by atoms with Crippen LogP contribution in [-0.4, -0.2) is 54.0 Å². The number of rotatable bonds is 1. The van der Waals surface area contributed by atoms with Gasteiger partial charge in [-0.2, -0.15) is 0 Å². The van der Waals surface area contributed by atoms with Crippen LogP contribution in [0.2, 0.25) is 0 Å². The first kappa shape index (κ1) is 12.8. The monoisotopic (exact) mass is 260 g/mol. The Labute approximate surface area is 106 Å². The van der Waals surface area contributed by atoms with Crippen LogP contribution in [0.3, 0.4) is 0 Å². The number of hydrogen-bond acceptors (Lipinski definition) is 6. The van der Waals surface area contributed by atoms with Crippen molar-refractivity contribution in [1.29, 1.82) is 0 Å². The fourth-order valence-electron chi connectivity index (χ4n) is 2.96. The molecule has 0 aromatic carbocycles. The molecule has 3 rings (SSSR count). The Hall–Kier alpha value is -0.240. The summed E-state index contributed by atoms with van der Waals surface area (Å²) in [6.45, 7) is 7.35. The molecular formula is C12H20O6. The average Bonchev–Trinajstić information content (AvgIpc) is 2.70. The molecule has 3 heterocycles. The molecule has 2 unspecified atom stereocenters. The quantitative estimate of drug-likeness (QED) is 0.735. The second-order valence-corrected chi connectivity index (χ2v) is 5.96. The van der Waals surface area contributed by atoms with Crippen molar-refractivity contribution in [1.82, 2.24) is 0 Å². The van der Waals surface area contributed by atoms with Gasteiger partial charge in [-0.15, -0.1) is 0 Å². The number of hydrogen-bond donors (Lipinski definition) is 1.